The Morgan fingerprint density at radius 3 is 1.43 bits per heavy atom. The summed E-state index contributed by atoms with van der Waals surface area (Å²) in [4.78, 5) is 15.2. The number of likely N-dealkylation sites (N-methyl/N-ethyl adjacent to an activating group) is 1. The molecule has 37 heavy (non-hydrogen) atoms. The molecule has 0 aliphatic heterocycles. The summed E-state index contributed by atoms with van der Waals surface area (Å²) in [5.41, 5.74) is 0. The van der Waals surface area contributed by atoms with Crippen LogP contribution in [0.4, 0.5) is 0 Å². The van der Waals surface area contributed by atoms with Crippen molar-refractivity contribution in [2.24, 2.45) is 11.8 Å². The SMILES string of the molecule is CCCCCCCC(CCCCCC)C(=O)N(C)CCOCCCC(CCCCCC)CCCCCC. The summed E-state index contributed by atoms with van der Waals surface area (Å²) in [6, 6.07) is 0. The predicted molar refractivity (Wildman–Crippen MR) is 164 cm³/mol. The van der Waals surface area contributed by atoms with Gasteiger partial charge in [0, 0.05) is 26.1 Å². The molecule has 0 aromatic heterocycles. The number of ether oxygens (including phenoxy) is 1. The average molecular weight is 524 g/mol. The molecular formula is C34H69NO2. The van der Waals surface area contributed by atoms with Crippen molar-refractivity contribution in [3.63, 3.8) is 0 Å². The van der Waals surface area contributed by atoms with E-state index in [0.717, 1.165) is 31.9 Å². The maximum atomic E-state index is 13.2. The van der Waals surface area contributed by atoms with Crippen molar-refractivity contribution in [3.8, 4) is 0 Å². The van der Waals surface area contributed by atoms with Crippen LogP contribution in [0.15, 0.2) is 0 Å². The van der Waals surface area contributed by atoms with Crippen molar-refractivity contribution in [2.45, 2.75) is 175 Å². The standard InChI is InChI=1S/C34H69NO2/c1-6-10-14-18-22-28-33(27-21-17-13-9-4)34(36)35(5)29-31-37-30-23-26-32(24-19-15-11-7-2)25-20-16-12-8-3/h32-33H,6-31H2,1-5H3. The zero-order valence-electron chi connectivity index (χ0n) is 26.3. The Morgan fingerprint density at radius 2 is 0.946 bits per heavy atom. The highest BCUT2D eigenvalue weighted by Crippen LogP contribution is 2.23. The third kappa shape index (κ3) is 23.1. The van der Waals surface area contributed by atoms with E-state index in [-0.39, 0.29) is 5.92 Å². The lowest BCUT2D eigenvalue weighted by Gasteiger charge is -2.24. The van der Waals surface area contributed by atoms with Crippen LogP contribution in [0.2, 0.25) is 0 Å². The summed E-state index contributed by atoms with van der Waals surface area (Å²) in [7, 11) is 1.99. The van der Waals surface area contributed by atoms with E-state index in [1.54, 1.807) is 0 Å². The number of amides is 1. The van der Waals surface area contributed by atoms with E-state index in [1.165, 1.54) is 135 Å². The van der Waals surface area contributed by atoms with Gasteiger partial charge in [0.05, 0.1) is 6.61 Å². The number of unbranched alkanes of at least 4 members (excludes halogenated alkanes) is 13. The number of hydrogen-bond donors (Lipinski definition) is 0. The summed E-state index contributed by atoms with van der Waals surface area (Å²) >= 11 is 0. The minimum absolute atomic E-state index is 0.213. The second-order valence-electron chi connectivity index (χ2n) is 11.8. The fourth-order valence-electron chi connectivity index (χ4n) is 5.56. The van der Waals surface area contributed by atoms with E-state index in [1.807, 2.05) is 11.9 Å². The molecule has 0 radical (unpaired) electrons. The quantitative estimate of drug-likeness (QED) is 0.0912. The van der Waals surface area contributed by atoms with Crippen molar-refractivity contribution in [1.29, 1.82) is 0 Å². The van der Waals surface area contributed by atoms with E-state index < -0.39 is 0 Å². The number of carbonyl (C=O) groups excluding carboxylic acids is 1. The van der Waals surface area contributed by atoms with Gasteiger partial charge in [-0.3, -0.25) is 4.79 Å². The van der Waals surface area contributed by atoms with E-state index >= 15 is 0 Å². The second-order valence-corrected chi connectivity index (χ2v) is 11.8. The smallest absolute Gasteiger partial charge is 0.225 e. The van der Waals surface area contributed by atoms with Gasteiger partial charge in [0.2, 0.25) is 5.91 Å². The predicted octanol–water partition coefficient (Wildman–Crippen LogP) is 10.7. The van der Waals surface area contributed by atoms with Gasteiger partial charge in [0.25, 0.3) is 0 Å². The molecule has 0 N–H and O–H groups in total. The first-order valence-electron chi connectivity index (χ1n) is 16.9. The summed E-state index contributed by atoms with van der Waals surface area (Å²) in [5, 5.41) is 0. The molecule has 0 aliphatic carbocycles. The molecule has 0 aromatic carbocycles. The number of rotatable bonds is 29. The molecule has 0 rings (SSSR count). The summed E-state index contributed by atoms with van der Waals surface area (Å²) in [5.74, 6) is 1.45. The topological polar surface area (TPSA) is 29.5 Å². The highest BCUT2D eigenvalue weighted by Gasteiger charge is 2.21. The highest BCUT2D eigenvalue weighted by atomic mass is 16.5. The first kappa shape index (κ1) is 36.4. The van der Waals surface area contributed by atoms with Crippen molar-refractivity contribution in [1.82, 2.24) is 4.90 Å². The van der Waals surface area contributed by atoms with Crippen LogP contribution in [0, 0.1) is 11.8 Å². The lowest BCUT2D eigenvalue weighted by Crippen LogP contribution is -2.35. The van der Waals surface area contributed by atoms with Gasteiger partial charge in [-0.05, 0) is 31.6 Å². The Morgan fingerprint density at radius 1 is 0.541 bits per heavy atom. The number of hydrogen-bond acceptors (Lipinski definition) is 2. The highest BCUT2D eigenvalue weighted by molar-refractivity contribution is 5.78. The Bertz CT molecular complexity index is 455. The Labute approximate surface area is 234 Å². The normalized spacial score (nSPS) is 12.4. The van der Waals surface area contributed by atoms with Gasteiger partial charge in [0.1, 0.15) is 0 Å². The number of nitrogens with zero attached hydrogens (tertiary/aromatic N) is 1. The van der Waals surface area contributed by atoms with Gasteiger partial charge < -0.3 is 9.64 Å². The van der Waals surface area contributed by atoms with Gasteiger partial charge in [-0.2, -0.15) is 0 Å². The first-order chi connectivity index (χ1) is 18.1. The third-order valence-corrected chi connectivity index (χ3v) is 8.19. The van der Waals surface area contributed by atoms with Gasteiger partial charge in [-0.1, -0.05) is 150 Å². The zero-order valence-corrected chi connectivity index (χ0v) is 26.3. The largest absolute Gasteiger partial charge is 0.380 e. The lowest BCUT2D eigenvalue weighted by molar-refractivity contribution is -0.135. The van der Waals surface area contributed by atoms with Crippen LogP contribution in [0.3, 0.4) is 0 Å². The summed E-state index contributed by atoms with van der Waals surface area (Å²) < 4.78 is 6.02. The first-order valence-corrected chi connectivity index (χ1v) is 16.9. The Hall–Kier alpha value is -0.570. The lowest BCUT2D eigenvalue weighted by atomic mass is 9.91. The minimum atomic E-state index is 0.213. The minimum Gasteiger partial charge on any atom is -0.380 e. The zero-order chi connectivity index (χ0) is 27.4. The van der Waals surface area contributed by atoms with Gasteiger partial charge >= 0.3 is 0 Å². The second kappa shape index (κ2) is 28.4. The fourth-order valence-corrected chi connectivity index (χ4v) is 5.56. The van der Waals surface area contributed by atoms with E-state index in [0.29, 0.717) is 12.5 Å². The van der Waals surface area contributed by atoms with Gasteiger partial charge in [-0.15, -0.1) is 0 Å². The third-order valence-electron chi connectivity index (χ3n) is 8.19. The molecule has 0 aromatic rings. The maximum Gasteiger partial charge on any atom is 0.225 e. The van der Waals surface area contributed by atoms with E-state index in [2.05, 4.69) is 27.7 Å². The Balaban J connectivity index is 4.30. The van der Waals surface area contributed by atoms with Crippen LogP contribution < -0.4 is 0 Å². The molecular weight excluding hydrogens is 454 g/mol. The molecule has 3 nitrogen and oxygen atoms in total. The molecule has 3 heteroatoms. The van der Waals surface area contributed by atoms with Gasteiger partial charge in [0.15, 0.2) is 0 Å². The van der Waals surface area contributed by atoms with E-state index in [4.69, 9.17) is 4.74 Å². The molecule has 222 valence electrons. The molecule has 1 amide bonds. The summed E-state index contributed by atoms with van der Waals surface area (Å²) in [6.07, 6.45) is 29.8. The van der Waals surface area contributed by atoms with Crippen LogP contribution >= 0.6 is 0 Å². The van der Waals surface area contributed by atoms with Crippen LogP contribution in [-0.2, 0) is 9.53 Å². The molecule has 0 fully saturated rings. The number of carbonyl (C=O) groups is 1. The molecule has 1 unspecified atom stereocenters. The molecule has 0 saturated heterocycles. The average Bonchev–Trinajstić information content (AvgIpc) is 2.90. The molecule has 1 atom stereocenters. The molecule has 0 saturated carbocycles. The molecule has 0 aliphatic rings. The van der Waals surface area contributed by atoms with Crippen LogP contribution in [0.25, 0.3) is 0 Å². The Kier molecular flexibility index (Phi) is 28.0. The van der Waals surface area contributed by atoms with Crippen molar-refractivity contribution < 1.29 is 9.53 Å². The van der Waals surface area contributed by atoms with Crippen molar-refractivity contribution in [2.75, 3.05) is 26.8 Å². The van der Waals surface area contributed by atoms with Gasteiger partial charge in [-0.25, -0.2) is 0 Å². The van der Waals surface area contributed by atoms with Crippen LogP contribution in [-0.4, -0.2) is 37.6 Å². The monoisotopic (exact) mass is 524 g/mol. The fraction of sp³-hybridized carbons (Fsp3) is 0.971. The molecule has 0 bridgehead atoms. The molecule has 0 spiro atoms. The van der Waals surface area contributed by atoms with Crippen LogP contribution in [0.1, 0.15) is 175 Å². The maximum absolute atomic E-state index is 13.2. The van der Waals surface area contributed by atoms with Crippen molar-refractivity contribution in [3.05, 3.63) is 0 Å². The summed E-state index contributed by atoms with van der Waals surface area (Å²) in [6.45, 7) is 11.4. The van der Waals surface area contributed by atoms with Crippen LogP contribution in [0.5, 0.6) is 0 Å². The van der Waals surface area contributed by atoms with E-state index in [9.17, 15) is 4.79 Å². The molecule has 0 heterocycles. The van der Waals surface area contributed by atoms with Crippen molar-refractivity contribution >= 4 is 5.91 Å².